The van der Waals surface area contributed by atoms with Crippen LogP contribution in [-0.4, -0.2) is 24.8 Å². The molecule has 2 heteroatoms. The summed E-state index contributed by atoms with van der Waals surface area (Å²) in [6.07, 6.45) is 11.4. The van der Waals surface area contributed by atoms with Crippen molar-refractivity contribution in [3.05, 3.63) is 0 Å². The lowest BCUT2D eigenvalue weighted by Crippen LogP contribution is -2.63. The smallest absolute Gasteiger partial charge is 0.0658 e. The van der Waals surface area contributed by atoms with Gasteiger partial charge in [-0.05, 0) is 32.6 Å². The van der Waals surface area contributed by atoms with Gasteiger partial charge < -0.3 is 10.1 Å². The summed E-state index contributed by atoms with van der Waals surface area (Å²) in [6, 6.07) is 1.45. The van der Waals surface area contributed by atoms with Crippen LogP contribution in [0.1, 0.15) is 72.1 Å². The van der Waals surface area contributed by atoms with E-state index in [4.69, 9.17) is 4.74 Å². The predicted octanol–water partition coefficient (Wildman–Crippen LogP) is 3.89. The molecule has 106 valence electrons. The van der Waals surface area contributed by atoms with Crippen LogP contribution in [0.3, 0.4) is 0 Å². The highest BCUT2D eigenvalue weighted by atomic mass is 16.5. The highest BCUT2D eigenvalue weighted by molar-refractivity contribution is 5.05. The Morgan fingerprint density at radius 2 is 1.78 bits per heavy atom. The van der Waals surface area contributed by atoms with Crippen molar-refractivity contribution in [2.45, 2.75) is 90.3 Å². The van der Waals surface area contributed by atoms with Crippen LogP contribution in [0.5, 0.6) is 0 Å². The monoisotopic (exact) mass is 253 g/mol. The first-order valence-electron chi connectivity index (χ1n) is 8.08. The predicted molar refractivity (Wildman–Crippen MR) is 76.8 cm³/mol. The Kier molecular flexibility index (Phi) is 5.08. The van der Waals surface area contributed by atoms with Crippen molar-refractivity contribution in [2.75, 3.05) is 6.61 Å². The van der Waals surface area contributed by atoms with Crippen molar-refractivity contribution < 1.29 is 4.74 Å². The summed E-state index contributed by atoms with van der Waals surface area (Å²) in [6.45, 7) is 7.69. The molecule has 0 saturated heterocycles. The van der Waals surface area contributed by atoms with Crippen molar-refractivity contribution in [2.24, 2.45) is 5.41 Å². The van der Waals surface area contributed by atoms with Crippen molar-refractivity contribution in [3.63, 3.8) is 0 Å². The van der Waals surface area contributed by atoms with Gasteiger partial charge in [-0.3, -0.25) is 0 Å². The summed E-state index contributed by atoms with van der Waals surface area (Å²) < 4.78 is 5.89. The summed E-state index contributed by atoms with van der Waals surface area (Å²) in [7, 11) is 0. The number of nitrogens with one attached hydrogen (secondary N) is 1. The minimum atomic E-state index is 0.363. The molecule has 2 fully saturated rings. The molecule has 0 aliphatic heterocycles. The molecule has 3 unspecified atom stereocenters. The normalized spacial score (nSPS) is 38.2. The van der Waals surface area contributed by atoms with Gasteiger partial charge in [0.2, 0.25) is 0 Å². The maximum absolute atomic E-state index is 5.89. The van der Waals surface area contributed by atoms with Gasteiger partial charge in [-0.25, -0.2) is 0 Å². The van der Waals surface area contributed by atoms with Gasteiger partial charge >= 0.3 is 0 Å². The lowest BCUT2D eigenvalue weighted by atomic mass is 9.61. The maximum atomic E-state index is 5.89. The molecular formula is C16H31NO. The van der Waals surface area contributed by atoms with E-state index in [1.54, 1.807) is 0 Å². The fourth-order valence-electron chi connectivity index (χ4n) is 3.74. The van der Waals surface area contributed by atoms with E-state index in [0.717, 1.165) is 12.6 Å². The molecule has 2 rings (SSSR count). The van der Waals surface area contributed by atoms with E-state index >= 15 is 0 Å². The van der Waals surface area contributed by atoms with Crippen molar-refractivity contribution in [1.82, 2.24) is 5.32 Å². The van der Waals surface area contributed by atoms with E-state index < -0.39 is 0 Å². The summed E-state index contributed by atoms with van der Waals surface area (Å²) in [5.41, 5.74) is 0.363. The van der Waals surface area contributed by atoms with E-state index in [1.165, 1.54) is 51.4 Å². The van der Waals surface area contributed by atoms with Crippen LogP contribution >= 0.6 is 0 Å². The van der Waals surface area contributed by atoms with Crippen LogP contribution in [0, 0.1) is 5.41 Å². The number of hydrogen-bond donors (Lipinski definition) is 1. The number of hydrogen-bond acceptors (Lipinski definition) is 2. The Hall–Kier alpha value is -0.0800. The highest BCUT2D eigenvalue weighted by Crippen LogP contribution is 2.46. The van der Waals surface area contributed by atoms with E-state index in [9.17, 15) is 0 Å². The summed E-state index contributed by atoms with van der Waals surface area (Å²) in [5, 5.41) is 3.95. The van der Waals surface area contributed by atoms with Crippen LogP contribution in [0.25, 0.3) is 0 Å². The van der Waals surface area contributed by atoms with Crippen LogP contribution in [-0.2, 0) is 4.74 Å². The average molecular weight is 253 g/mol. The molecule has 2 saturated carbocycles. The third-order valence-electron chi connectivity index (χ3n) is 5.40. The SMILES string of the molecule is CCOC1CC(NC2CCCCCC2)C1(C)CC. The topological polar surface area (TPSA) is 21.3 Å². The lowest BCUT2D eigenvalue weighted by Gasteiger charge is -2.54. The molecular weight excluding hydrogens is 222 g/mol. The van der Waals surface area contributed by atoms with Crippen molar-refractivity contribution in [1.29, 1.82) is 0 Å². The molecule has 2 aliphatic rings. The molecule has 0 spiro atoms. The molecule has 1 N–H and O–H groups in total. The molecule has 2 nitrogen and oxygen atoms in total. The molecule has 0 bridgehead atoms. The number of rotatable bonds is 5. The first-order chi connectivity index (χ1) is 8.70. The molecule has 0 aromatic rings. The van der Waals surface area contributed by atoms with Gasteiger partial charge in [0.25, 0.3) is 0 Å². The van der Waals surface area contributed by atoms with Crippen LogP contribution in [0.2, 0.25) is 0 Å². The second-order valence-electron chi connectivity index (χ2n) is 6.45. The molecule has 2 aliphatic carbocycles. The average Bonchev–Trinajstić information content (AvgIpc) is 2.65. The highest BCUT2D eigenvalue weighted by Gasteiger charge is 2.51. The standard InChI is InChI=1S/C16H31NO/c1-4-16(3)14(12-15(16)18-5-2)17-13-10-8-6-7-9-11-13/h13-15,17H,4-12H2,1-3H3. The Balaban J connectivity index is 1.85. The first-order valence-corrected chi connectivity index (χ1v) is 8.08. The van der Waals surface area contributed by atoms with Gasteiger partial charge in [0, 0.05) is 24.1 Å². The molecule has 18 heavy (non-hydrogen) atoms. The van der Waals surface area contributed by atoms with E-state index in [0.29, 0.717) is 17.6 Å². The number of ether oxygens (including phenoxy) is 1. The van der Waals surface area contributed by atoms with Gasteiger partial charge in [0.05, 0.1) is 6.10 Å². The second kappa shape index (κ2) is 6.38. The Morgan fingerprint density at radius 3 is 2.33 bits per heavy atom. The van der Waals surface area contributed by atoms with Crippen LogP contribution < -0.4 is 5.32 Å². The van der Waals surface area contributed by atoms with Crippen LogP contribution in [0.4, 0.5) is 0 Å². The Bertz CT molecular complexity index is 247. The van der Waals surface area contributed by atoms with Gasteiger partial charge in [0.1, 0.15) is 0 Å². The summed E-state index contributed by atoms with van der Waals surface area (Å²) in [4.78, 5) is 0. The second-order valence-corrected chi connectivity index (χ2v) is 6.45. The van der Waals surface area contributed by atoms with Gasteiger partial charge in [0.15, 0.2) is 0 Å². The fraction of sp³-hybridized carbons (Fsp3) is 1.00. The largest absolute Gasteiger partial charge is 0.378 e. The zero-order chi connectivity index (χ0) is 13.0. The van der Waals surface area contributed by atoms with Crippen molar-refractivity contribution >= 4 is 0 Å². The zero-order valence-electron chi connectivity index (χ0n) is 12.5. The third-order valence-corrected chi connectivity index (χ3v) is 5.40. The summed E-state index contributed by atoms with van der Waals surface area (Å²) in [5.74, 6) is 0. The van der Waals surface area contributed by atoms with Gasteiger partial charge in [-0.15, -0.1) is 0 Å². The van der Waals surface area contributed by atoms with Crippen molar-refractivity contribution in [3.8, 4) is 0 Å². The Labute approximate surface area is 113 Å². The molecule has 0 amide bonds. The minimum absolute atomic E-state index is 0.363. The van der Waals surface area contributed by atoms with E-state index in [1.807, 2.05) is 0 Å². The van der Waals surface area contributed by atoms with Gasteiger partial charge in [-0.1, -0.05) is 39.5 Å². The molecule has 0 aromatic carbocycles. The summed E-state index contributed by atoms with van der Waals surface area (Å²) >= 11 is 0. The lowest BCUT2D eigenvalue weighted by molar-refractivity contribution is -0.128. The quantitative estimate of drug-likeness (QED) is 0.750. The molecule has 3 atom stereocenters. The molecule has 0 aromatic heterocycles. The Morgan fingerprint density at radius 1 is 1.11 bits per heavy atom. The van der Waals surface area contributed by atoms with E-state index in [-0.39, 0.29) is 0 Å². The van der Waals surface area contributed by atoms with Crippen LogP contribution in [0.15, 0.2) is 0 Å². The van der Waals surface area contributed by atoms with E-state index in [2.05, 4.69) is 26.1 Å². The maximum Gasteiger partial charge on any atom is 0.0658 e. The van der Waals surface area contributed by atoms with Gasteiger partial charge in [-0.2, -0.15) is 0 Å². The molecule has 0 radical (unpaired) electrons. The third kappa shape index (κ3) is 2.91. The minimum Gasteiger partial charge on any atom is -0.378 e. The first kappa shape index (κ1) is 14.3. The zero-order valence-corrected chi connectivity index (χ0v) is 12.5. The fourth-order valence-corrected chi connectivity index (χ4v) is 3.74. The molecule has 0 heterocycles.